The number of ether oxygens (including phenoxy) is 1. The second-order valence-corrected chi connectivity index (χ2v) is 8.09. The first-order valence-corrected chi connectivity index (χ1v) is 10.8. The minimum Gasteiger partial charge on any atom is -0.463 e. The number of hydrogen-bond donors (Lipinski definition) is 3. The molecule has 2 aliphatic rings. The van der Waals surface area contributed by atoms with Gasteiger partial charge in [0.15, 0.2) is 11.6 Å². The summed E-state index contributed by atoms with van der Waals surface area (Å²) in [4.78, 5) is 22.9. The van der Waals surface area contributed by atoms with E-state index in [9.17, 15) is 4.79 Å². The monoisotopic (exact) mass is 410 g/mol. The van der Waals surface area contributed by atoms with Crippen molar-refractivity contribution in [2.45, 2.75) is 45.7 Å². The number of anilines is 3. The van der Waals surface area contributed by atoms with Crippen LogP contribution in [0.1, 0.15) is 43.7 Å². The van der Waals surface area contributed by atoms with Gasteiger partial charge in [-0.15, -0.1) is 0 Å². The summed E-state index contributed by atoms with van der Waals surface area (Å²) in [5.41, 5.74) is 8.90. The van der Waals surface area contributed by atoms with Crippen molar-refractivity contribution < 1.29 is 9.53 Å². The van der Waals surface area contributed by atoms with Crippen LogP contribution in [0.15, 0.2) is 24.3 Å². The van der Waals surface area contributed by atoms with Crippen molar-refractivity contribution in [1.82, 2.24) is 15.3 Å². The second-order valence-electron chi connectivity index (χ2n) is 8.09. The summed E-state index contributed by atoms with van der Waals surface area (Å²) in [7, 11) is 0. The third-order valence-electron chi connectivity index (χ3n) is 5.35. The average molecular weight is 411 g/mol. The molecule has 1 amide bonds. The van der Waals surface area contributed by atoms with Crippen LogP contribution in [0.4, 0.5) is 17.3 Å². The fourth-order valence-corrected chi connectivity index (χ4v) is 3.53. The van der Waals surface area contributed by atoms with Crippen LogP contribution in [0.3, 0.4) is 0 Å². The largest absolute Gasteiger partial charge is 0.463 e. The van der Waals surface area contributed by atoms with Crippen LogP contribution in [0, 0.1) is 5.92 Å². The molecule has 0 unspecified atom stereocenters. The lowest BCUT2D eigenvalue weighted by Gasteiger charge is -2.30. The maximum Gasteiger partial charge on any atom is 0.320 e. The third kappa shape index (κ3) is 5.18. The van der Waals surface area contributed by atoms with Crippen LogP contribution >= 0.6 is 0 Å². The molecule has 2 heterocycles. The minimum atomic E-state index is -0.125. The molecule has 0 bridgehead atoms. The first-order valence-electron chi connectivity index (χ1n) is 10.8. The Morgan fingerprint density at radius 1 is 1.30 bits per heavy atom. The van der Waals surface area contributed by atoms with Crippen molar-refractivity contribution in [3.8, 4) is 6.01 Å². The number of fused-ring (bicyclic) bond motifs is 1. The molecule has 30 heavy (non-hydrogen) atoms. The van der Waals surface area contributed by atoms with E-state index in [0.717, 1.165) is 37.4 Å². The van der Waals surface area contributed by atoms with Crippen molar-refractivity contribution in [1.29, 1.82) is 0 Å². The number of nitrogens with zero attached hydrogens (tertiary/aromatic N) is 3. The van der Waals surface area contributed by atoms with Crippen LogP contribution in [0.25, 0.3) is 0 Å². The summed E-state index contributed by atoms with van der Waals surface area (Å²) in [6.07, 6.45) is 4.63. The van der Waals surface area contributed by atoms with Gasteiger partial charge in [0.1, 0.15) is 5.69 Å². The highest BCUT2D eigenvalue weighted by Gasteiger charge is 2.27. The number of nitrogens with one attached hydrogen (secondary N) is 2. The smallest absolute Gasteiger partial charge is 0.320 e. The van der Waals surface area contributed by atoms with E-state index < -0.39 is 0 Å². The zero-order valence-electron chi connectivity index (χ0n) is 17.5. The lowest BCUT2D eigenvalue weighted by molar-refractivity contribution is -0.115. The van der Waals surface area contributed by atoms with Gasteiger partial charge < -0.3 is 26.0 Å². The Bertz CT molecular complexity index is 899. The highest BCUT2D eigenvalue weighted by molar-refractivity contribution is 6.03. The van der Waals surface area contributed by atoms with Crippen molar-refractivity contribution in [3.63, 3.8) is 0 Å². The quantitative estimate of drug-likeness (QED) is 0.517. The maximum absolute atomic E-state index is 12.2. The van der Waals surface area contributed by atoms with E-state index >= 15 is 0 Å². The molecule has 1 aliphatic carbocycles. The average Bonchev–Trinajstić information content (AvgIpc) is 3.54. The van der Waals surface area contributed by atoms with Crippen molar-refractivity contribution in [2.75, 3.05) is 35.6 Å². The zero-order chi connectivity index (χ0) is 20.9. The molecule has 1 saturated carbocycles. The molecule has 8 nitrogen and oxygen atoms in total. The van der Waals surface area contributed by atoms with Gasteiger partial charge in [0.25, 0.3) is 0 Å². The number of unbranched alkanes of at least 4 members (excludes halogenated alkanes) is 1. The van der Waals surface area contributed by atoms with E-state index in [2.05, 4.69) is 51.8 Å². The maximum atomic E-state index is 12.2. The molecule has 160 valence electrons. The van der Waals surface area contributed by atoms with E-state index in [0.29, 0.717) is 24.7 Å². The van der Waals surface area contributed by atoms with E-state index in [-0.39, 0.29) is 24.3 Å². The Labute approximate surface area is 177 Å². The summed E-state index contributed by atoms with van der Waals surface area (Å²) in [5, 5.41) is 6.32. The second kappa shape index (κ2) is 9.30. The van der Waals surface area contributed by atoms with Gasteiger partial charge in [0.2, 0.25) is 5.91 Å². The topological polar surface area (TPSA) is 105 Å². The lowest BCUT2D eigenvalue weighted by atomic mass is 10.1. The number of benzene rings is 1. The number of amides is 1. The summed E-state index contributed by atoms with van der Waals surface area (Å²) >= 11 is 0. The Morgan fingerprint density at radius 3 is 2.93 bits per heavy atom. The predicted molar refractivity (Wildman–Crippen MR) is 117 cm³/mol. The molecule has 0 saturated heterocycles. The predicted octanol–water partition coefficient (Wildman–Crippen LogP) is 2.70. The minimum absolute atomic E-state index is 0.125. The molecular formula is C22H30N6O2. The molecule has 4 N–H and O–H groups in total. The Balaban J connectivity index is 1.49. The molecule has 0 radical (unpaired) electrons. The van der Waals surface area contributed by atoms with Gasteiger partial charge in [0, 0.05) is 13.1 Å². The van der Waals surface area contributed by atoms with Crippen molar-refractivity contribution >= 4 is 23.2 Å². The first kappa shape index (κ1) is 20.4. The molecule has 1 aliphatic heterocycles. The van der Waals surface area contributed by atoms with Gasteiger partial charge in [-0.3, -0.25) is 4.79 Å². The van der Waals surface area contributed by atoms with Crippen LogP contribution in [-0.2, 0) is 17.9 Å². The van der Waals surface area contributed by atoms with Crippen LogP contribution in [0.2, 0.25) is 0 Å². The summed E-state index contributed by atoms with van der Waals surface area (Å²) in [6.45, 7) is 5.34. The highest BCUT2D eigenvalue weighted by Crippen LogP contribution is 2.34. The summed E-state index contributed by atoms with van der Waals surface area (Å²) in [6, 6.07) is 8.68. The van der Waals surface area contributed by atoms with Gasteiger partial charge in [-0.25, -0.2) is 0 Å². The first-order chi connectivity index (χ1) is 14.6. The number of carbonyl (C=O) groups excluding carboxylic acids is 1. The van der Waals surface area contributed by atoms with E-state index in [4.69, 9.17) is 10.5 Å². The molecule has 2 aromatic rings. The standard InChI is InChI=1S/C22H30N6O2/c1-2-3-9-30-22-26-20(23)19-21(27-22)28(14-18(29)25-19)13-17-6-4-5-16(10-17)12-24-11-15-7-8-15/h4-6,10,15,24H,2-3,7-9,11-14H2,1H3,(H,25,29)(H2,23,26,27). The normalized spacial score (nSPS) is 15.6. The highest BCUT2D eigenvalue weighted by atomic mass is 16.5. The molecule has 8 heteroatoms. The molecule has 0 atom stereocenters. The third-order valence-corrected chi connectivity index (χ3v) is 5.35. The van der Waals surface area contributed by atoms with Gasteiger partial charge in [-0.05, 0) is 42.9 Å². The zero-order valence-corrected chi connectivity index (χ0v) is 17.5. The molecule has 0 spiro atoms. The van der Waals surface area contributed by atoms with E-state index in [1.807, 2.05) is 4.90 Å². The fourth-order valence-electron chi connectivity index (χ4n) is 3.53. The van der Waals surface area contributed by atoms with Crippen LogP contribution in [-0.4, -0.2) is 35.6 Å². The van der Waals surface area contributed by atoms with Gasteiger partial charge >= 0.3 is 6.01 Å². The van der Waals surface area contributed by atoms with E-state index in [1.54, 1.807) is 0 Å². The Hall–Kier alpha value is -2.87. The summed E-state index contributed by atoms with van der Waals surface area (Å²) < 4.78 is 5.66. The number of nitrogen functional groups attached to an aromatic ring is 1. The number of aromatic nitrogens is 2. The van der Waals surface area contributed by atoms with Crippen molar-refractivity contribution in [2.24, 2.45) is 5.92 Å². The Morgan fingerprint density at radius 2 is 2.13 bits per heavy atom. The number of hydrogen-bond acceptors (Lipinski definition) is 7. The van der Waals surface area contributed by atoms with Gasteiger partial charge in [-0.1, -0.05) is 37.6 Å². The molecular weight excluding hydrogens is 380 g/mol. The van der Waals surface area contributed by atoms with Gasteiger partial charge in [0.05, 0.1) is 13.2 Å². The number of nitrogens with two attached hydrogens (primary N) is 1. The fraction of sp³-hybridized carbons (Fsp3) is 0.500. The van der Waals surface area contributed by atoms with Crippen molar-refractivity contribution in [3.05, 3.63) is 35.4 Å². The number of carbonyl (C=O) groups is 1. The molecule has 4 rings (SSSR count). The van der Waals surface area contributed by atoms with Gasteiger partial charge in [-0.2, -0.15) is 9.97 Å². The van der Waals surface area contributed by atoms with E-state index in [1.165, 1.54) is 18.4 Å². The molecule has 1 aromatic carbocycles. The molecule has 1 aromatic heterocycles. The Kier molecular flexibility index (Phi) is 6.32. The molecule has 1 fully saturated rings. The lowest BCUT2D eigenvalue weighted by Crippen LogP contribution is -2.39. The SMILES string of the molecule is CCCCOc1nc(N)c2c(n1)N(Cc1cccc(CNCC3CC3)c1)CC(=O)N2. The summed E-state index contributed by atoms with van der Waals surface area (Å²) in [5.74, 6) is 1.56. The van der Waals surface area contributed by atoms with Crippen LogP contribution < -0.4 is 26.0 Å². The van der Waals surface area contributed by atoms with Crippen LogP contribution in [0.5, 0.6) is 6.01 Å². The number of rotatable bonds is 10.